The van der Waals surface area contributed by atoms with Crippen molar-refractivity contribution >= 4 is 35.7 Å². The van der Waals surface area contributed by atoms with Gasteiger partial charge in [-0.1, -0.05) is 24.3 Å². The molecule has 0 fully saturated rings. The lowest BCUT2D eigenvalue weighted by Crippen LogP contribution is -2.21. The van der Waals surface area contributed by atoms with E-state index < -0.39 is 50.4 Å². The Kier molecular flexibility index (Phi) is 6.97. The third-order valence-corrected chi connectivity index (χ3v) is 8.33. The van der Waals surface area contributed by atoms with Crippen LogP contribution < -0.4 is 14.6 Å². The van der Waals surface area contributed by atoms with Crippen molar-refractivity contribution in [3.63, 3.8) is 0 Å². The smallest absolute Gasteiger partial charge is 0.341 e. The molecule has 0 aliphatic heterocycles. The van der Waals surface area contributed by atoms with E-state index in [1.807, 2.05) is 0 Å². The SMILES string of the molecule is C=CCS(=O)(=O)c1cc(NCc2ccco2)c(S(=O)(=O)Oc2ccccc2)cc1S(N)(=O)=O. The largest absolute Gasteiger partial charge is 0.467 e. The Morgan fingerprint density at radius 3 is 2.21 bits per heavy atom. The molecule has 1 aromatic heterocycles. The summed E-state index contributed by atoms with van der Waals surface area (Å²) in [5.41, 5.74) is -0.225. The number of para-hydroxylation sites is 1. The number of sulfone groups is 1. The van der Waals surface area contributed by atoms with Crippen LogP contribution in [0.2, 0.25) is 0 Å². The van der Waals surface area contributed by atoms with Gasteiger partial charge in [-0.25, -0.2) is 22.0 Å². The quantitative estimate of drug-likeness (QED) is 0.306. The molecule has 0 spiro atoms. The molecule has 13 heteroatoms. The van der Waals surface area contributed by atoms with E-state index in [0.29, 0.717) is 11.8 Å². The van der Waals surface area contributed by atoms with Crippen LogP contribution in [0.5, 0.6) is 5.75 Å². The molecule has 3 N–H and O–H groups in total. The number of anilines is 1. The first-order valence-electron chi connectivity index (χ1n) is 9.24. The summed E-state index contributed by atoms with van der Waals surface area (Å²) in [5, 5.41) is 7.99. The molecular weight excluding hydrogens is 492 g/mol. The first kappa shape index (κ1) is 24.5. The van der Waals surface area contributed by atoms with Crippen LogP contribution in [0.3, 0.4) is 0 Å². The van der Waals surface area contributed by atoms with Crippen molar-refractivity contribution in [2.45, 2.75) is 21.2 Å². The van der Waals surface area contributed by atoms with Crippen molar-refractivity contribution in [2.24, 2.45) is 5.14 Å². The van der Waals surface area contributed by atoms with Crippen molar-refractivity contribution in [3.8, 4) is 5.75 Å². The standard InChI is InChI=1S/C20H20N2O8S3/c1-2-11-31(23,24)19-12-17(22-14-16-9-6-10-29-16)18(13-20(19)32(21,25)26)33(27,28)30-15-7-4-3-5-8-15/h2-10,12-13,22H,1,11,14H2,(H2,21,25,26). The van der Waals surface area contributed by atoms with Gasteiger partial charge in [-0.2, -0.15) is 8.42 Å². The van der Waals surface area contributed by atoms with E-state index >= 15 is 0 Å². The maximum absolute atomic E-state index is 13.1. The summed E-state index contributed by atoms with van der Waals surface area (Å²) in [4.78, 5) is -2.19. The molecule has 0 saturated carbocycles. The minimum absolute atomic E-state index is 0.0312. The Labute approximate surface area is 191 Å². The van der Waals surface area contributed by atoms with E-state index in [1.165, 1.54) is 18.4 Å². The van der Waals surface area contributed by atoms with E-state index in [2.05, 4.69) is 11.9 Å². The average molecular weight is 513 g/mol. The van der Waals surface area contributed by atoms with Crippen LogP contribution in [0.4, 0.5) is 5.69 Å². The summed E-state index contributed by atoms with van der Waals surface area (Å²) < 4.78 is 86.3. The normalized spacial score (nSPS) is 12.3. The minimum atomic E-state index is -4.65. The van der Waals surface area contributed by atoms with E-state index in [-0.39, 0.29) is 18.0 Å². The molecule has 0 bridgehead atoms. The number of furan rings is 1. The second-order valence-electron chi connectivity index (χ2n) is 6.69. The summed E-state index contributed by atoms with van der Waals surface area (Å²) in [6, 6.07) is 12.3. The second kappa shape index (κ2) is 9.39. The summed E-state index contributed by atoms with van der Waals surface area (Å²) >= 11 is 0. The number of sulfonamides is 1. The fourth-order valence-electron chi connectivity index (χ4n) is 2.84. The first-order valence-corrected chi connectivity index (χ1v) is 13.8. The number of benzene rings is 2. The third-order valence-electron chi connectivity index (χ3n) is 4.28. The van der Waals surface area contributed by atoms with Crippen LogP contribution in [0, 0.1) is 0 Å². The molecule has 0 amide bonds. The van der Waals surface area contributed by atoms with Crippen LogP contribution in [-0.2, 0) is 36.5 Å². The maximum Gasteiger partial charge on any atom is 0.341 e. The third kappa shape index (κ3) is 5.82. The molecule has 33 heavy (non-hydrogen) atoms. The number of nitrogens with two attached hydrogens (primary N) is 1. The predicted octanol–water partition coefficient (Wildman–Crippen LogP) is 2.27. The molecule has 0 saturated heterocycles. The molecule has 3 aromatic rings. The number of hydrogen-bond acceptors (Lipinski definition) is 9. The van der Waals surface area contributed by atoms with Gasteiger partial charge in [0.15, 0.2) is 9.84 Å². The lowest BCUT2D eigenvalue weighted by atomic mass is 10.3. The van der Waals surface area contributed by atoms with E-state index in [9.17, 15) is 25.3 Å². The van der Waals surface area contributed by atoms with Gasteiger partial charge in [0.25, 0.3) is 0 Å². The molecule has 10 nitrogen and oxygen atoms in total. The molecule has 0 aliphatic rings. The van der Waals surface area contributed by atoms with Crippen molar-refractivity contribution < 1.29 is 33.9 Å². The molecule has 1 heterocycles. The highest BCUT2D eigenvalue weighted by Crippen LogP contribution is 2.33. The monoisotopic (exact) mass is 512 g/mol. The van der Waals surface area contributed by atoms with Gasteiger partial charge in [0, 0.05) is 0 Å². The highest BCUT2D eigenvalue weighted by Gasteiger charge is 2.31. The average Bonchev–Trinajstić information content (AvgIpc) is 3.25. The lowest BCUT2D eigenvalue weighted by Gasteiger charge is -2.17. The van der Waals surface area contributed by atoms with Crippen LogP contribution in [-0.4, -0.2) is 31.0 Å². The van der Waals surface area contributed by atoms with Gasteiger partial charge in [-0.3, -0.25) is 0 Å². The summed E-state index contributed by atoms with van der Waals surface area (Å²) in [5.74, 6) is -0.219. The van der Waals surface area contributed by atoms with Gasteiger partial charge in [-0.15, -0.1) is 6.58 Å². The number of nitrogens with one attached hydrogen (secondary N) is 1. The van der Waals surface area contributed by atoms with E-state index in [0.717, 1.165) is 12.1 Å². The minimum Gasteiger partial charge on any atom is -0.467 e. The molecule has 0 atom stereocenters. The van der Waals surface area contributed by atoms with Crippen molar-refractivity contribution in [3.05, 3.63) is 79.3 Å². The van der Waals surface area contributed by atoms with Crippen molar-refractivity contribution in [1.82, 2.24) is 0 Å². The van der Waals surface area contributed by atoms with E-state index in [1.54, 1.807) is 30.3 Å². The molecule has 0 aliphatic carbocycles. The van der Waals surface area contributed by atoms with E-state index in [4.69, 9.17) is 13.7 Å². The highest BCUT2D eigenvalue weighted by molar-refractivity contribution is 7.93. The zero-order valence-electron chi connectivity index (χ0n) is 17.0. The Morgan fingerprint density at radius 2 is 1.64 bits per heavy atom. The number of rotatable bonds is 10. The van der Waals surface area contributed by atoms with Crippen molar-refractivity contribution in [1.29, 1.82) is 0 Å². The number of hydrogen-bond donors (Lipinski definition) is 2. The van der Waals surface area contributed by atoms with Crippen LogP contribution in [0.15, 0.2) is 92.6 Å². The summed E-state index contributed by atoms with van der Waals surface area (Å²) in [6.07, 6.45) is 2.47. The van der Waals surface area contributed by atoms with Gasteiger partial charge in [0.2, 0.25) is 10.0 Å². The fourth-order valence-corrected chi connectivity index (χ4v) is 6.53. The molecule has 2 aromatic carbocycles. The predicted molar refractivity (Wildman–Crippen MR) is 120 cm³/mol. The first-order chi connectivity index (χ1) is 15.4. The zero-order chi connectivity index (χ0) is 24.3. The molecule has 176 valence electrons. The fraction of sp³-hybridized carbons (Fsp3) is 0.100. The summed E-state index contributed by atoms with van der Waals surface area (Å²) in [6.45, 7) is 3.32. The Bertz CT molecular complexity index is 1460. The van der Waals surface area contributed by atoms with Gasteiger partial charge in [0.05, 0.1) is 29.1 Å². The molecule has 0 radical (unpaired) electrons. The van der Waals surface area contributed by atoms with Gasteiger partial charge in [0.1, 0.15) is 21.3 Å². The van der Waals surface area contributed by atoms with Crippen molar-refractivity contribution in [2.75, 3.05) is 11.1 Å². The van der Waals surface area contributed by atoms with Gasteiger partial charge in [-0.05, 0) is 36.4 Å². The Hall–Kier alpha value is -3.13. The van der Waals surface area contributed by atoms with Crippen LogP contribution in [0.25, 0.3) is 0 Å². The Morgan fingerprint density at radius 1 is 0.939 bits per heavy atom. The second-order valence-corrected chi connectivity index (χ2v) is 11.7. The lowest BCUT2D eigenvalue weighted by molar-refractivity contribution is 0.485. The molecule has 3 rings (SSSR count). The van der Waals surface area contributed by atoms with Crippen LogP contribution >= 0.6 is 0 Å². The topological polar surface area (TPSA) is 163 Å². The number of primary sulfonamides is 1. The molecular formula is C20H20N2O8S3. The van der Waals surface area contributed by atoms with Gasteiger partial charge >= 0.3 is 10.1 Å². The summed E-state index contributed by atoms with van der Waals surface area (Å²) in [7, 11) is -13.5. The van der Waals surface area contributed by atoms with Gasteiger partial charge < -0.3 is 13.9 Å². The molecule has 0 unspecified atom stereocenters. The highest BCUT2D eigenvalue weighted by atomic mass is 32.2. The maximum atomic E-state index is 13.1. The Balaban J connectivity index is 2.23. The van der Waals surface area contributed by atoms with Crippen LogP contribution in [0.1, 0.15) is 5.76 Å². The zero-order valence-corrected chi connectivity index (χ0v) is 19.5.